The van der Waals surface area contributed by atoms with Crippen molar-refractivity contribution < 1.29 is 14.3 Å². The van der Waals surface area contributed by atoms with Gasteiger partial charge in [-0.1, -0.05) is 35.6 Å². The fourth-order valence-electron chi connectivity index (χ4n) is 2.06. The highest BCUT2D eigenvalue weighted by atomic mass is 32.1. The molecule has 0 unspecified atom stereocenters. The molecule has 0 spiro atoms. The summed E-state index contributed by atoms with van der Waals surface area (Å²) in [7, 11) is 1.28. The average Bonchev–Trinajstić information content (AvgIpc) is 2.96. The lowest BCUT2D eigenvalue weighted by molar-refractivity contribution is 0.0597. The second-order valence-electron chi connectivity index (χ2n) is 4.48. The number of carbonyl (C=O) groups excluding carboxylic acids is 2. The van der Waals surface area contributed by atoms with Gasteiger partial charge >= 0.3 is 5.97 Å². The molecule has 110 valence electrons. The fraction of sp³-hybridized carbons (Fsp3) is 0.0625. The summed E-state index contributed by atoms with van der Waals surface area (Å²) in [4.78, 5) is 28.4. The van der Waals surface area contributed by atoms with Crippen molar-refractivity contribution in [2.45, 2.75) is 0 Å². The van der Waals surface area contributed by atoms with E-state index in [4.69, 9.17) is 4.74 Å². The Kier molecular flexibility index (Phi) is 3.84. The zero-order valence-electron chi connectivity index (χ0n) is 11.7. The summed E-state index contributed by atoms with van der Waals surface area (Å²) in [5.41, 5.74) is 1.31. The summed E-state index contributed by atoms with van der Waals surface area (Å²) in [6, 6.07) is 14.1. The van der Waals surface area contributed by atoms with Crippen LogP contribution in [0.4, 0.5) is 5.13 Å². The van der Waals surface area contributed by atoms with Gasteiger partial charge in [-0.15, -0.1) is 0 Å². The summed E-state index contributed by atoms with van der Waals surface area (Å²) < 4.78 is 5.68. The van der Waals surface area contributed by atoms with Gasteiger partial charge in [0, 0.05) is 0 Å². The van der Waals surface area contributed by atoms with E-state index in [1.165, 1.54) is 18.4 Å². The van der Waals surface area contributed by atoms with Gasteiger partial charge in [0.2, 0.25) is 0 Å². The standard InChI is InChI=1S/C16H12N2O3S/c1-21-15(20)11-7-3-2-6-10(11)14(19)18-16-17-12-8-4-5-9-13(12)22-16/h2-9H,1H3,(H,17,18,19). The smallest absolute Gasteiger partial charge is 0.338 e. The third-order valence-electron chi connectivity index (χ3n) is 3.09. The first-order valence-electron chi connectivity index (χ1n) is 6.53. The van der Waals surface area contributed by atoms with E-state index in [1.54, 1.807) is 24.3 Å². The number of hydrogen-bond acceptors (Lipinski definition) is 5. The number of amides is 1. The van der Waals surface area contributed by atoms with Crippen molar-refractivity contribution in [1.82, 2.24) is 4.98 Å². The van der Waals surface area contributed by atoms with E-state index in [0.29, 0.717) is 5.13 Å². The molecule has 1 aromatic heterocycles. The van der Waals surface area contributed by atoms with Crippen LogP contribution in [0.2, 0.25) is 0 Å². The topological polar surface area (TPSA) is 68.3 Å². The molecule has 0 radical (unpaired) electrons. The minimum atomic E-state index is -0.546. The minimum absolute atomic E-state index is 0.226. The molecule has 6 heteroatoms. The number of aromatic nitrogens is 1. The molecular weight excluding hydrogens is 300 g/mol. The molecule has 0 bridgehead atoms. The maximum absolute atomic E-state index is 12.4. The zero-order valence-corrected chi connectivity index (χ0v) is 12.5. The molecule has 5 nitrogen and oxygen atoms in total. The van der Waals surface area contributed by atoms with Crippen LogP contribution in [-0.2, 0) is 4.74 Å². The molecule has 0 aliphatic heterocycles. The summed E-state index contributed by atoms with van der Waals surface area (Å²) in [5, 5.41) is 3.22. The maximum Gasteiger partial charge on any atom is 0.338 e. The number of nitrogens with one attached hydrogen (secondary N) is 1. The highest BCUT2D eigenvalue weighted by Crippen LogP contribution is 2.26. The van der Waals surface area contributed by atoms with Gasteiger partial charge in [0.15, 0.2) is 5.13 Å². The van der Waals surface area contributed by atoms with Crippen molar-refractivity contribution in [2.24, 2.45) is 0 Å². The van der Waals surface area contributed by atoms with Gasteiger partial charge in [-0.05, 0) is 24.3 Å². The van der Waals surface area contributed by atoms with Crippen molar-refractivity contribution in [1.29, 1.82) is 0 Å². The lowest BCUT2D eigenvalue weighted by Gasteiger charge is -2.06. The molecule has 22 heavy (non-hydrogen) atoms. The Hall–Kier alpha value is -2.73. The first-order valence-corrected chi connectivity index (χ1v) is 7.35. The number of benzene rings is 2. The number of carbonyl (C=O) groups is 2. The molecule has 1 amide bonds. The Morgan fingerprint density at radius 1 is 1.05 bits per heavy atom. The Balaban J connectivity index is 1.90. The Labute approximate surface area is 130 Å². The predicted molar refractivity (Wildman–Crippen MR) is 85.4 cm³/mol. The van der Waals surface area contributed by atoms with E-state index in [1.807, 2.05) is 24.3 Å². The van der Waals surface area contributed by atoms with Crippen molar-refractivity contribution in [3.05, 3.63) is 59.7 Å². The van der Waals surface area contributed by atoms with Crippen LogP contribution in [-0.4, -0.2) is 24.0 Å². The highest BCUT2D eigenvalue weighted by molar-refractivity contribution is 7.22. The molecule has 3 aromatic rings. The van der Waals surface area contributed by atoms with Gasteiger partial charge in [0.1, 0.15) is 0 Å². The molecule has 0 saturated carbocycles. The first-order chi connectivity index (χ1) is 10.7. The number of rotatable bonds is 3. The number of methoxy groups -OCH3 is 1. The summed E-state index contributed by atoms with van der Waals surface area (Å²) in [5.74, 6) is -0.935. The van der Waals surface area contributed by atoms with Crippen LogP contribution in [0.15, 0.2) is 48.5 Å². The first kappa shape index (κ1) is 14.2. The third-order valence-corrected chi connectivity index (χ3v) is 4.04. The largest absolute Gasteiger partial charge is 0.465 e. The van der Waals surface area contributed by atoms with Crippen molar-refractivity contribution in [3.8, 4) is 0 Å². The van der Waals surface area contributed by atoms with Crippen LogP contribution in [0, 0.1) is 0 Å². The molecule has 0 aliphatic carbocycles. The predicted octanol–water partition coefficient (Wildman–Crippen LogP) is 3.34. The molecule has 1 heterocycles. The van der Waals surface area contributed by atoms with Gasteiger partial charge in [0.05, 0.1) is 28.5 Å². The fourth-order valence-corrected chi connectivity index (χ4v) is 2.92. The van der Waals surface area contributed by atoms with E-state index in [-0.39, 0.29) is 17.0 Å². The van der Waals surface area contributed by atoms with Gasteiger partial charge in [-0.2, -0.15) is 0 Å². The number of para-hydroxylation sites is 1. The normalized spacial score (nSPS) is 10.4. The quantitative estimate of drug-likeness (QED) is 0.753. The van der Waals surface area contributed by atoms with Crippen molar-refractivity contribution in [3.63, 3.8) is 0 Å². The maximum atomic E-state index is 12.4. The van der Waals surface area contributed by atoms with Gasteiger partial charge in [-0.3, -0.25) is 10.1 Å². The van der Waals surface area contributed by atoms with Gasteiger partial charge in [-0.25, -0.2) is 9.78 Å². The number of esters is 1. The number of fused-ring (bicyclic) bond motifs is 1. The molecule has 1 N–H and O–H groups in total. The van der Waals surface area contributed by atoms with Crippen molar-refractivity contribution in [2.75, 3.05) is 12.4 Å². The number of nitrogens with zero attached hydrogens (tertiary/aromatic N) is 1. The lowest BCUT2D eigenvalue weighted by Crippen LogP contribution is -2.16. The molecule has 0 aliphatic rings. The van der Waals surface area contributed by atoms with E-state index in [9.17, 15) is 9.59 Å². The van der Waals surface area contributed by atoms with Crippen LogP contribution < -0.4 is 5.32 Å². The van der Waals surface area contributed by atoms with E-state index in [2.05, 4.69) is 10.3 Å². The lowest BCUT2D eigenvalue weighted by atomic mass is 10.1. The SMILES string of the molecule is COC(=O)c1ccccc1C(=O)Nc1nc2ccccc2s1. The van der Waals surface area contributed by atoms with E-state index in [0.717, 1.165) is 10.2 Å². The monoisotopic (exact) mass is 312 g/mol. The molecular formula is C16H12N2O3S. The van der Waals surface area contributed by atoms with Crippen molar-refractivity contribution >= 4 is 38.6 Å². The molecule has 3 rings (SSSR count). The van der Waals surface area contributed by atoms with Gasteiger partial charge < -0.3 is 4.74 Å². The van der Waals surface area contributed by atoms with Gasteiger partial charge in [0.25, 0.3) is 5.91 Å². The van der Waals surface area contributed by atoms with Crippen LogP contribution in [0.5, 0.6) is 0 Å². The number of anilines is 1. The van der Waals surface area contributed by atoms with Crippen LogP contribution >= 0.6 is 11.3 Å². The molecule has 0 fully saturated rings. The Morgan fingerprint density at radius 3 is 2.45 bits per heavy atom. The van der Waals surface area contributed by atoms with E-state index >= 15 is 0 Å². The second-order valence-corrected chi connectivity index (χ2v) is 5.51. The summed E-state index contributed by atoms with van der Waals surface area (Å²) >= 11 is 1.38. The van der Waals surface area contributed by atoms with Crippen LogP contribution in [0.25, 0.3) is 10.2 Å². The Morgan fingerprint density at radius 2 is 1.73 bits per heavy atom. The number of ether oxygens (including phenoxy) is 1. The molecule has 0 saturated heterocycles. The van der Waals surface area contributed by atoms with Crippen LogP contribution in [0.1, 0.15) is 20.7 Å². The summed E-state index contributed by atoms with van der Waals surface area (Å²) in [6.45, 7) is 0. The number of thiazole rings is 1. The van der Waals surface area contributed by atoms with Crippen LogP contribution in [0.3, 0.4) is 0 Å². The van der Waals surface area contributed by atoms with E-state index < -0.39 is 5.97 Å². The molecule has 2 aromatic carbocycles. The number of hydrogen-bond donors (Lipinski definition) is 1. The third kappa shape index (κ3) is 2.68. The summed E-state index contributed by atoms with van der Waals surface area (Å²) in [6.07, 6.45) is 0. The minimum Gasteiger partial charge on any atom is -0.465 e. The second kappa shape index (κ2) is 5.95. The Bertz CT molecular complexity index is 824. The average molecular weight is 312 g/mol. The zero-order chi connectivity index (χ0) is 15.5. The molecule has 0 atom stereocenters. The highest BCUT2D eigenvalue weighted by Gasteiger charge is 2.18.